The molecule has 0 aliphatic heterocycles. The topological polar surface area (TPSA) is 57.4 Å². The van der Waals surface area contributed by atoms with Gasteiger partial charge in [0.25, 0.3) is 5.88 Å². The second kappa shape index (κ2) is 7.34. The Morgan fingerprint density at radius 1 is 1.37 bits per heavy atom. The number of nitrogens with two attached hydrogens (primary N) is 1. The molecular formula is C15H24N2O2. The molecule has 0 radical (unpaired) electrons. The van der Waals surface area contributed by atoms with Crippen LogP contribution in [0.3, 0.4) is 0 Å². The molecule has 1 aliphatic carbocycles. The van der Waals surface area contributed by atoms with Gasteiger partial charge in [-0.25, -0.2) is 4.98 Å². The van der Waals surface area contributed by atoms with Crippen LogP contribution in [0.2, 0.25) is 0 Å². The summed E-state index contributed by atoms with van der Waals surface area (Å²) in [6.07, 6.45) is 7.57. The Balaban J connectivity index is 2.04. The summed E-state index contributed by atoms with van der Waals surface area (Å²) in [5, 5.41) is 0. The van der Waals surface area contributed by atoms with Crippen molar-refractivity contribution in [3.8, 4) is 11.6 Å². The second-order valence-electron chi connectivity index (χ2n) is 5.09. The first kappa shape index (κ1) is 14.1. The zero-order valence-electron chi connectivity index (χ0n) is 11.7. The Morgan fingerprint density at radius 3 is 3.00 bits per heavy atom. The number of nitrogens with zero attached hydrogens (tertiary/aromatic N) is 1. The highest BCUT2D eigenvalue weighted by Crippen LogP contribution is 2.31. The molecule has 1 fully saturated rings. The number of pyridine rings is 1. The van der Waals surface area contributed by atoms with Gasteiger partial charge in [0.2, 0.25) is 0 Å². The first-order chi connectivity index (χ1) is 9.35. The maximum absolute atomic E-state index is 6.07. The van der Waals surface area contributed by atoms with Gasteiger partial charge in [0.1, 0.15) is 6.10 Å². The van der Waals surface area contributed by atoms with Gasteiger partial charge in [0.05, 0.1) is 6.61 Å². The first-order valence-corrected chi connectivity index (χ1v) is 7.29. The Bertz CT molecular complexity index is 384. The highest BCUT2D eigenvalue weighted by Gasteiger charge is 2.26. The largest absolute Gasteiger partial charge is 0.488 e. The van der Waals surface area contributed by atoms with Crippen molar-refractivity contribution < 1.29 is 9.47 Å². The summed E-state index contributed by atoms with van der Waals surface area (Å²) < 4.78 is 11.7. The van der Waals surface area contributed by atoms with E-state index in [0.29, 0.717) is 24.9 Å². The third-order valence-electron chi connectivity index (χ3n) is 3.60. The van der Waals surface area contributed by atoms with Crippen LogP contribution in [0.25, 0.3) is 0 Å². The molecule has 4 heteroatoms. The highest BCUT2D eigenvalue weighted by atomic mass is 16.5. The Hall–Kier alpha value is -1.29. The van der Waals surface area contributed by atoms with Gasteiger partial charge in [-0.2, -0.15) is 0 Å². The van der Waals surface area contributed by atoms with E-state index < -0.39 is 0 Å². The van der Waals surface area contributed by atoms with Crippen LogP contribution in [-0.4, -0.2) is 24.2 Å². The minimum Gasteiger partial charge on any atom is -0.488 e. The fourth-order valence-electron chi connectivity index (χ4n) is 2.53. The predicted molar refractivity (Wildman–Crippen MR) is 75.5 cm³/mol. The van der Waals surface area contributed by atoms with Crippen molar-refractivity contribution in [1.82, 2.24) is 4.98 Å². The average Bonchev–Trinajstić information content (AvgIpc) is 2.47. The van der Waals surface area contributed by atoms with Crippen molar-refractivity contribution in [2.24, 2.45) is 11.7 Å². The van der Waals surface area contributed by atoms with E-state index in [1.54, 1.807) is 6.20 Å². The minimum atomic E-state index is 0.178. The molecule has 0 bridgehead atoms. The number of hydrogen-bond acceptors (Lipinski definition) is 4. The van der Waals surface area contributed by atoms with Gasteiger partial charge < -0.3 is 15.2 Å². The van der Waals surface area contributed by atoms with Crippen molar-refractivity contribution in [3.63, 3.8) is 0 Å². The van der Waals surface area contributed by atoms with E-state index >= 15 is 0 Å². The molecule has 0 amide bonds. The maximum Gasteiger partial charge on any atom is 0.257 e. The fourth-order valence-corrected chi connectivity index (χ4v) is 2.53. The summed E-state index contributed by atoms with van der Waals surface area (Å²) >= 11 is 0. The second-order valence-corrected chi connectivity index (χ2v) is 5.09. The van der Waals surface area contributed by atoms with Crippen molar-refractivity contribution in [2.75, 3.05) is 13.2 Å². The summed E-state index contributed by atoms with van der Waals surface area (Å²) in [6.45, 7) is 3.46. The van der Waals surface area contributed by atoms with Crippen molar-refractivity contribution in [3.05, 3.63) is 18.3 Å². The van der Waals surface area contributed by atoms with Crippen LogP contribution in [0, 0.1) is 5.92 Å². The molecule has 2 unspecified atom stereocenters. The summed E-state index contributed by atoms with van der Waals surface area (Å²) in [6, 6.07) is 3.79. The van der Waals surface area contributed by atoms with Gasteiger partial charge in [-0.05, 0) is 44.4 Å². The van der Waals surface area contributed by atoms with Crippen LogP contribution in [0.5, 0.6) is 11.6 Å². The third kappa shape index (κ3) is 3.83. The van der Waals surface area contributed by atoms with Crippen LogP contribution in [-0.2, 0) is 0 Å². The van der Waals surface area contributed by atoms with E-state index in [2.05, 4.69) is 11.9 Å². The van der Waals surface area contributed by atoms with E-state index in [4.69, 9.17) is 15.2 Å². The zero-order chi connectivity index (χ0) is 13.5. The summed E-state index contributed by atoms with van der Waals surface area (Å²) in [5.74, 6) is 1.79. The third-order valence-corrected chi connectivity index (χ3v) is 3.60. The van der Waals surface area contributed by atoms with E-state index in [1.807, 2.05) is 12.1 Å². The molecule has 2 rings (SSSR count). The van der Waals surface area contributed by atoms with Gasteiger partial charge in [0.15, 0.2) is 5.75 Å². The summed E-state index contributed by atoms with van der Waals surface area (Å²) in [5.41, 5.74) is 5.83. The summed E-state index contributed by atoms with van der Waals surface area (Å²) in [4.78, 5) is 4.31. The average molecular weight is 264 g/mol. The van der Waals surface area contributed by atoms with Gasteiger partial charge >= 0.3 is 0 Å². The van der Waals surface area contributed by atoms with Crippen LogP contribution >= 0.6 is 0 Å². The molecule has 1 aromatic rings. The smallest absolute Gasteiger partial charge is 0.257 e. The lowest BCUT2D eigenvalue weighted by Gasteiger charge is -2.30. The summed E-state index contributed by atoms with van der Waals surface area (Å²) in [7, 11) is 0. The number of aromatic nitrogens is 1. The van der Waals surface area contributed by atoms with Gasteiger partial charge in [-0.1, -0.05) is 13.3 Å². The van der Waals surface area contributed by atoms with Crippen molar-refractivity contribution in [2.45, 2.75) is 45.1 Å². The van der Waals surface area contributed by atoms with E-state index in [0.717, 1.165) is 25.0 Å². The monoisotopic (exact) mass is 264 g/mol. The van der Waals surface area contributed by atoms with E-state index in [9.17, 15) is 0 Å². The van der Waals surface area contributed by atoms with Gasteiger partial charge in [-0.15, -0.1) is 0 Å². The van der Waals surface area contributed by atoms with Crippen LogP contribution < -0.4 is 15.2 Å². The van der Waals surface area contributed by atoms with Gasteiger partial charge in [-0.3, -0.25) is 0 Å². The number of rotatable bonds is 6. The lowest BCUT2D eigenvalue weighted by Crippen LogP contribution is -2.35. The Labute approximate surface area is 115 Å². The van der Waals surface area contributed by atoms with Crippen LogP contribution in [0.15, 0.2) is 18.3 Å². The van der Waals surface area contributed by atoms with E-state index in [1.165, 1.54) is 12.8 Å². The molecule has 1 aromatic heterocycles. The van der Waals surface area contributed by atoms with Crippen LogP contribution in [0.4, 0.5) is 0 Å². The minimum absolute atomic E-state index is 0.178. The van der Waals surface area contributed by atoms with E-state index in [-0.39, 0.29) is 6.10 Å². The number of ether oxygens (including phenoxy) is 2. The fraction of sp³-hybridized carbons (Fsp3) is 0.667. The first-order valence-electron chi connectivity index (χ1n) is 7.29. The van der Waals surface area contributed by atoms with Crippen LogP contribution in [0.1, 0.15) is 39.0 Å². The molecule has 106 valence electrons. The molecule has 1 heterocycles. The molecule has 0 aromatic carbocycles. The molecule has 1 aliphatic rings. The van der Waals surface area contributed by atoms with Crippen molar-refractivity contribution in [1.29, 1.82) is 0 Å². The zero-order valence-corrected chi connectivity index (χ0v) is 11.7. The molecule has 19 heavy (non-hydrogen) atoms. The molecular weight excluding hydrogens is 240 g/mol. The number of hydrogen-bond donors (Lipinski definition) is 1. The Kier molecular flexibility index (Phi) is 5.45. The lowest BCUT2D eigenvalue weighted by molar-refractivity contribution is 0.0876. The maximum atomic E-state index is 6.07. The normalized spacial score (nSPS) is 23.1. The molecule has 0 saturated heterocycles. The molecule has 0 spiro atoms. The predicted octanol–water partition coefficient (Wildman–Crippen LogP) is 2.77. The Morgan fingerprint density at radius 2 is 2.21 bits per heavy atom. The molecule has 4 nitrogen and oxygen atoms in total. The SMILES string of the molecule is CCCOc1cccnc1OC1CCCCC1CN. The van der Waals surface area contributed by atoms with Gasteiger partial charge in [0, 0.05) is 12.1 Å². The molecule has 2 atom stereocenters. The van der Waals surface area contributed by atoms with Crippen molar-refractivity contribution >= 4 is 0 Å². The molecule has 2 N–H and O–H groups in total. The lowest BCUT2D eigenvalue weighted by atomic mass is 9.86. The quantitative estimate of drug-likeness (QED) is 0.858. The molecule has 1 saturated carbocycles. The standard InChI is InChI=1S/C15H24N2O2/c1-2-10-18-14-8-5-9-17-15(14)19-13-7-4-3-6-12(13)11-16/h5,8-9,12-13H,2-4,6-7,10-11,16H2,1H3. The highest BCUT2D eigenvalue weighted by molar-refractivity contribution is 5.32.